The quantitative estimate of drug-likeness (QED) is 0.329. The van der Waals surface area contributed by atoms with Crippen LogP contribution in [0.25, 0.3) is 0 Å². The van der Waals surface area contributed by atoms with Crippen molar-refractivity contribution in [2.75, 3.05) is 0 Å². The lowest BCUT2D eigenvalue weighted by Crippen LogP contribution is -2.63. The predicted molar refractivity (Wildman–Crippen MR) is 128 cm³/mol. The molecule has 3 heteroatoms. The Labute approximate surface area is 196 Å². The second-order valence-electron chi connectivity index (χ2n) is 13.7. The average Bonchev–Trinajstić information content (AvgIpc) is 3.37. The van der Waals surface area contributed by atoms with Gasteiger partial charge in [-0.05, 0) is 75.0 Å². The molecular formula is C29H48O3. The molecule has 0 spiro atoms. The van der Waals surface area contributed by atoms with Crippen molar-refractivity contribution in [2.24, 2.45) is 39.9 Å². The monoisotopic (exact) mass is 444 g/mol. The van der Waals surface area contributed by atoms with E-state index in [-0.39, 0.29) is 34.1 Å². The maximum atomic E-state index is 12.3. The number of carbonyl (C=O) groups is 1. The van der Waals surface area contributed by atoms with Crippen LogP contribution in [-0.2, 0) is 14.3 Å². The minimum absolute atomic E-state index is 0.00112. The van der Waals surface area contributed by atoms with Crippen LogP contribution in [0, 0.1) is 39.9 Å². The molecule has 0 aromatic heterocycles. The largest absolute Gasteiger partial charge is 0.462 e. The molecule has 3 nitrogen and oxygen atoms in total. The Morgan fingerprint density at radius 1 is 0.906 bits per heavy atom. The third-order valence-corrected chi connectivity index (χ3v) is 12.3. The molecule has 5 fully saturated rings. The van der Waals surface area contributed by atoms with Crippen molar-refractivity contribution in [1.29, 1.82) is 0 Å². The SMILES string of the molecule is CC(C)CCC[C@@H](C)[C@H]1CC[C@@]2(C)[C@@]34CC[C@H]5[C@H](C)OC(=O)CC[C@]5(C)[C@]3(CC[C@]12C)O4. The number of epoxide rings is 1. The van der Waals surface area contributed by atoms with Crippen molar-refractivity contribution in [2.45, 2.75) is 136 Å². The molecule has 0 bridgehead atoms. The molecule has 2 saturated heterocycles. The fraction of sp³-hybridized carbons (Fsp3) is 0.966. The lowest BCUT2D eigenvalue weighted by Gasteiger charge is -2.60. The first kappa shape index (κ1) is 23.2. The van der Waals surface area contributed by atoms with E-state index in [1.807, 2.05) is 0 Å². The number of esters is 1. The summed E-state index contributed by atoms with van der Waals surface area (Å²) in [5.41, 5.74) is 0.675. The third kappa shape index (κ3) is 2.67. The molecule has 182 valence electrons. The van der Waals surface area contributed by atoms with Crippen LogP contribution in [0.15, 0.2) is 0 Å². The summed E-state index contributed by atoms with van der Waals surface area (Å²) >= 11 is 0. The van der Waals surface area contributed by atoms with Gasteiger partial charge < -0.3 is 9.47 Å². The fourth-order valence-corrected chi connectivity index (χ4v) is 10.3. The summed E-state index contributed by atoms with van der Waals surface area (Å²) in [6.07, 6.45) is 13.1. The number of fused-ring (bicyclic) bond motifs is 2. The van der Waals surface area contributed by atoms with Gasteiger partial charge in [-0.25, -0.2) is 0 Å². The van der Waals surface area contributed by atoms with Crippen LogP contribution in [0.3, 0.4) is 0 Å². The summed E-state index contributed by atoms with van der Waals surface area (Å²) < 4.78 is 13.0. The predicted octanol–water partition coefficient (Wildman–Crippen LogP) is 7.31. The molecule has 0 aromatic rings. The van der Waals surface area contributed by atoms with Gasteiger partial charge in [0.2, 0.25) is 0 Å². The Bertz CT molecular complexity index is 776. The van der Waals surface area contributed by atoms with E-state index < -0.39 is 0 Å². The maximum Gasteiger partial charge on any atom is 0.306 e. The van der Waals surface area contributed by atoms with E-state index in [0.717, 1.165) is 37.0 Å². The Morgan fingerprint density at radius 2 is 1.66 bits per heavy atom. The minimum Gasteiger partial charge on any atom is -0.462 e. The van der Waals surface area contributed by atoms with Gasteiger partial charge in [0, 0.05) is 23.2 Å². The van der Waals surface area contributed by atoms with E-state index in [9.17, 15) is 4.79 Å². The van der Waals surface area contributed by atoms with Crippen molar-refractivity contribution < 1.29 is 14.3 Å². The smallest absolute Gasteiger partial charge is 0.306 e. The first-order valence-electron chi connectivity index (χ1n) is 13.9. The third-order valence-electron chi connectivity index (χ3n) is 12.3. The highest BCUT2D eigenvalue weighted by Crippen LogP contribution is 2.85. The Kier molecular flexibility index (Phi) is 5.23. The topological polar surface area (TPSA) is 38.8 Å². The van der Waals surface area contributed by atoms with Crippen LogP contribution >= 0.6 is 0 Å². The molecule has 2 aliphatic heterocycles. The zero-order chi connectivity index (χ0) is 23.2. The van der Waals surface area contributed by atoms with Crippen molar-refractivity contribution in [3.8, 4) is 0 Å². The van der Waals surface area contributed by atoms with Gasteiger partial charge in [0.25, 0.3) is 0 Å². The van der Waals surface area contributed by atoms with Crippen molar-refractivity contribution in [1.82, 2.24) is 0 Å². The molecule has 0 N–H and O–H groups in total. The van der Waals surface area contributed by atoms with Gasteiger partial charge in [-0.1, -0.05) is 60.8 Å². The molecule has 0 aromatic carbocycles. The van der Waals surface area contributed by atoms with Gasteiger partial charge in [-0.3, -0.25) is 4.79 Å². The maximum absolute atomic E-state index is 12.3. The van der Waals surface area contributed by atoms with Crippen LogP contribution in [0.5, 0.6) is 0 Å². The van der Waals surface area contributed by atoms with Crippen LogP contribution in [0.2, 0.25) is 0 Å². The first-order chi connectivity index (χ1) is 15.0. The van der Waals surface area contributed by atoms with Crippen LogP contribution in [0.1, 0.15) is 119 Å². The van der Waals surface area contributed by atoms with Crippen molar-refractivity contribution in [3.05, 3.63) is 0 Å². The number of hydrogen-bond acceptors (Lipinski definition) is 3. The number of cyclic esters (lactones) is 1. The summed E-state index contributed by atoms with van der Waals surface area (Å²) in [4.78, 5) is 12.3. The van der Waals surface area contributed by atoms with Crippen molar-refractivity contribution in [3.63, 3.8) is 0 Å². The van der Waals surface area contributed by atoms with Crippen LogP contribution in [0.4, 0.5) is 0 Å². The van der Waals surface area contributed by atoms with Gasteiger partial charge in [-0.15, -0.1) is 0 Å². The Hall–Kier alpha value is -0.570. The molecule has 0 unspecified atom stereocenters. The minimum atomic E-state index is -0.0326. The summed E-state index contributed by atoms with van der Waals surface area (Å²) in [6, 6.07) is 0. The van der Waals surface area contributed by atoms with Crippen LogP contribution in [-0.4, -0.2) is 23.3 Å². The summed E-state index contributed by atoms with van der Waals surface area (Å²) in [7, 11) is 0. The van der Waals surface area contributed by atoms with E-state index in [1.165, 1.54) is 44.9 Å². The zero-order valence-corrected chi connectivity index (χ0v) is 21.9. The normalized spacial score (nSPS) is 52.9. The van der Waals surface area contributed by atoms with Gasteiger partial charge in [0.05, 0.1) is 0 Å². The average molecular weight is 445 g/mol. The van der Waals surface area contributed by atoms with Gasteiger partial charge in [0.15, 0.2) is 0 Å². The lowest BCUT2D eigenvalue weighted by atomic mass is 9.41. The van der Waals surface area contributed by atoms with Gasteiger partial charge >= 0.3 is 5.97 Å². The van der Waals surface area contributed by atoms with E-state index in [1.54, 1.807) is 0 Å². The molecule has 32 heavy (non-hydrogen) atoms. The fourth-order valence-electron chi connectivity index (χ4n) is 10.3. The Balaban J connectivity index is 1.44. The van der Waals surface area contributed by atoms with E-state index >= 15 is 0 Å². The number of carbonyl (C=O) groups excluding carboxylic acids is 1. The van der Waals surface area contributed by atoms with E-state index in [0.29, 0.717) is 17.8 Å². The second kappa shape index (κ2) is 7.22. The molecule has 0 amide bonds. The van der Waals surface area contributed by atoms with Gasteiger partial charge in [-0.2, -0.15) is 0 Å². The molecular weight excluding hydrogens is 396 g/mol. The standard InChI is InChI=1S/C29H48O3/c1-19(2)9-8-10-20(3)22-11-15-27(7)25(22,5)17-18-28-26(6)14-13-24(30)31-21(4)23(26)12-16-29(27,28)32-28/h19-23H,8-18H2,1-7H3/t20-,21+,22-,23+,25-,26+,27-,28+,29+/m1/s1. The number of hydrogen-bond donors (Lipinski definition) is 0. The van der Waals surface area contributed by atoms with E-state index in [4.69, 9.17) is 9.47 Å². The molecule has 5 aliphatic rings. The molecule has 5 rings (SSSR count). The molecule has 9 atom stereocenters. The molecule has 3 saturated carbocycles. The highest BCUT2D eigenvalue weighted by atomic mass is 16.6. The van der Waals surface area contributed by atoms with E-state index in [2.05, 4.69) is 48.5 Å². The number of ether oxygens (including phenoxy) is 2. The zero-order valence-electron chi connectivity index (χ0n) is 21.9. The Morgan fingerprint density at radius 3 is 2.38 bits per heavy atom. The molecule has 2 heterocycles. The summed E-state index contributed by atoms with van der Waals surface area (Å²) in [5, 5.41) is 0. The summed E-state index contributed by atoms with van der Waals surface area (Å²) in [5.74, 6) is 2.87. The summed E-state index contributed by atoms with van der Waals surface area (Å²) in [6.45, 7) is 17.1. The molecule has 0 radical (unpaired) electrons. The van der Waals surface area contributed by atoms with Crippen LogP contribution < -0.4 is 0 Å². The highest BCUT2D eigenvalue weighted by Gasteiger charge is 2.89. The lowest BCUT2D eigenvalue weighted by molar-refractivity contribution is -0.151. The first-order valence-corrected chi connectivity index (χ1v) is 13.9. The van der Waals surface area contributed by atoms with Gasteiger partial charge in [0.1, 0.15) is 17.3 Å². The number of rotatable bonds is 5. The van der Waals surface area contributed by atoms with Crippen molar-refractivity contribution >= 4 is 5.97 Å². The second-order valence-corrected chi connectivity index (χ2v) is 13.7. The highest BCUT2D eigenvalue weighted by molar-refractivity contribution is 5.70. The molecule has 3 aliphatic carbocycles.